The summed E-state index contributed by atoms with van der Waals surface area (Å²) < 4.78 is 5.66. The smallest absolute Gasteiger partial charge is 0.227 e. The van der Waals surface area contributed by atoms with Crippen molar-refractivity contribution in [2.24, 2.45) is 0 Å². The number of aryl methyl sites for hydroxylation is 1. The van der Waals surface area contributed by atoms with Crippen molar-refractivity contribution in [3.63, 3.8) is 0 Å². The normalized spacial score (nSPS) is 11.9. The molecule has 0 radical (unpaired) electrons. The van der Waals surface area contributed by atoms with Gasteiger partial charge in [0.05, 0.1) is 12.1 Å². The Morgan fingerprint density at radius 1 is 1.41 bits per heavy atom. The van der Waals surface area contributed by atoms with Crippen LogP contribution in [0, 0.1) is 6.92 Å². The van der Waals surface area contributed by atoms with Crippen LogP contribution in [0.15, 0.2) is 4.42 Å². The van der Waals surface area contributed by atoms with E-state index in [0.717, 1.165) is 5.69 Å². The zero-order valence-electron chi connectivity index (χ0n) is 11.5. The van der Waals surface area contributed by atoms with Crippen LogP contribution in [0.2, 0.25) is 0 Å². The summed E-state index contributed by atoms with van der Waals surface area (Å²) in [6.45, 7) is 11.9. The lowest BCUT2D eigenvalue weighted by Gasteiger charge is -2.12. The maximum atomic E-state index is 11.6. The Balaban J connectivity index is 2.79. The van der Waals surface area contributed by atoms with Crippen molar-refractivity contribution in [3.8, 4) is 0 Å². The molecule has 1 N–H and O–H groups in total. The number of hydrogen-bond donors (Lipinski definition) is 1. The van der Waals surface area contributed by atoms with E-state index in [1.165, 1.54) is 0 Å². The lowest BCUT2D eigenvalue weighted by atomic mass is 9.97. The third kappa shape index (κ3) is 3.88. The molecule has 4 nitrogen and oxygen atoms in total. The third-order valence-electron chi connectivity index (χ3n) is 2.31. The van der Waals surface area contributed by atoms with E-state index in [1.807, 2.05) is 41.5 Å². The minimum absolute atomic E-state index is 0.0280. The molecular weight excluding hydrogens is 216 g/mol. The number of amides is 1. The maximum Gasteiger partial charge on any atom is 0.227 e. The van der Waals surface area contributed by atoms with Gasteiger partial charge in [-0.1, -0.05) is 20.8 Å². The van der Waals surface area contributed by atoms with E-state index in [-0.39, 0.29) is 23.8 Å². The molecule has 1 rings (SSSR count). The number of nitrogens with zero attached hydrogens (tertiary/aromatic N) is 1. The molecule has 0 unspecified atom stereocenters. The topological polar surface area (TPSA) is 55.1 Å². The van der Waals surface area contributed by atoms with Gasteiger partial charge in [-0.2, -0.15) is 0 Å². The molecule has 17 heavy (non-hydrogen) atoms. The molecule has 0 atom stereocenters. The molecule has 0 aliphatic heterocycles. The van der Waals surface area contributed by atoms with E-state index in [4.69, 9.17) is 4.42 Å². The van der Waals surface area contributed by atoms with Gasteiger partial charge in [0.1, 0.15) is 5.76 Å². The zero-order valence-corrected chi connectivity index (χ0v) is 11.5. The standard InChI is InChI=1S/C13H22N2O2/c1-8(2)14-11(16)7-10-9(3)15-12(17-10)13(4,5)6/h8H,7H2,1-6H3,(H,14,16). The molecule has 0 aromatic carbocycles. The quantitative estimate of drug-likeness (QED) is 0.879. The third-order valence-corrected chi connectivity index (χ3v) is 2.31. The summed E-state index contributed by atoms with van der Waals surface area (Å²) in [5.74, 6) is 1.31. The minimum Gasteiger partial charge on any atom is -0.444 e. The summed E-state index contributed by atoms with van der Waals surface area (Å²) in [5.41, 5.74) is 0.672. The van der Waals surface area contributed by atoms with Crippen molar-refractivity contribution in [1.82, 2.24) is 10.3 Å². The molecule has 0 spiro atoms. The first-order valence-electron chi connectivity index (χ1n) is 5.96. The van der Waals surface area contributed by atoms with Crippen molar-refractivity contribution >= 4 is 5.91 Å². The van der Waals surface area contributed by atoms with Crippen molar-refractivity contribution < 1.29 is 9.21 Å². The highest BCUT2D eigenvalue weighted by molar-refractivity contribution is 5.78. The second-order valence-electron chi connectivity index (χ2n) is 5.68. The van der Waals surface area contributed by atoms with Gasteiger partial charge in [-0.15, -0.1) is 0 Å². The number of rotatable bonds is 3. The highest BCUT2D eigenvalue weighted by atomic mass is 16.4. The van der Waals surface area contributed by atoms with Crippen LogP contribution in [-0.2, 0) is 16.6 Å². The lowest BCUT2D eigenvalue weighted by Crippen LogP contribution is -2.31. The van der Waals surface area contributed by atoms with E-state index in [9.17, 15) is 4.79 Å². The summed E-state index contributed by atoms with van der Waals surface area (Å²) in [4.78, 5) is 16.0. The van der Waals surface area contributed by atoms with Gasteiger partial charge in [0.2, 0.25) is 5.91 Å². The first kappa shape index (κ1) is 13.7. The Kier molecular flexibility index (Phi) is 3.96. The number of nitrogens with one attached hydrogen (secondary N) is 1. The maximum absolute atomic E-state index is 11.6. The van der Waals surface area contributed by atoms with Crippen LogP contribution in [0.3, 0.4) is 0 Å². The van der Waals surface area contributed by atoms with Crippen LogP contribution in [0.4, 0.5) is 0 Å². The molecule has 1 amide bonds. The highest BCUT2D eigenvalue weighted by Crippen LogP contribution is 2.23. The molecule has 4 heteroatoms. The monoisotopic (exact) mass is 238 g/mol. The molecule has 0 fully saturated rings. The molecule has 0 saturated carbocycles. The predicted octanol–water partition coefficient (Wildman–Crippen LogP) is 2.35. The van der Waals surface area contributed by atoms with E-state index in [0.29, 0.717) is 11.7 Å². The van der Waals surface area contributed by atoms with Gasteiger partial charge in [0.25, 0.3) is 0 Å². The van der Waals surface area contributed by atoms with Crippen LogP contribution >= 0.6 is 0 Å². The highest BCUT2D eigenvalue weighted by Gasteiger charge is 2.23. The van der Waals surface area contributed by atoms with Crippen LogP contribution < -0.4 is 5.32 Å². The number of oxazole rings is 1. The molecule has 0 aliphatic carbocycles. The van der Waals surface area contributed by atoms with Gasteiger partial charge in [-0.05, 0) is 20.8 Å². The van der Waals surface area contributed by atoms with Gasteiger partial charge in [-0.3, -0.25) is 4.79 Å². The predicted molar refractivity (Wildman–Crippen MR) is 66.9 cm³/mol. The van der Waals surface area contributed by atoms with Crippen LogP contribution in [0.25, 0.3) is 0 Å². The fourth-order valence-corrected chi connectivity index (χ4v) is 1.43. The Morgan fingerprint density at radius 3 is 2.41 bits per heavy atom. The van der Waals surface area contributed by atoms with Crippen molar-refractivity contribution in [2.45, 2.75) is 59.4 Å². The Morgan fingerprint density at radius 2 is 2.00 bits per heavy atom. The second-order valence-corrected chi connectivity index (χ2v) is 5.68. The van der Waals surface area contributed by atoms with Crippen LogP contribution in [-0.4, -0.2) is 16.9 Å². The first-order valence-corrected chi connectivity index (χ1v) is 5.96. The van der Waals surface area contributed by atoms with E-state index in [2.05, 4.69) is 10.3 Å². The van der Waals surface area contributed by atoms with Crippen LogP contribution in [0.5, 0.6) is 0 Å². The fraction of sp³-hybridized carbons (Fsp3) is 0.692. The molecule has 1 aromatic rings. The lowest BCUT2D eigenvalue weighted by molar-refractivity contribution is -0.121. The SMILES string of the molecule is Cc1nc(C(C)(C)C)oc1CC(=O)NC(C)C. The largest absolute Gasteiger partial charge is 0.444 e. The average Bonchev–Trinajstić information content (AvgIpc) is 2.45. The second kappa shape index (κ2) is 4.90. The summed E-state index contributed by atoms with van der Waals surface area (Å²) in [6, 6.07) is 0.146. The van der Waals surface area contributed by atoms with Crippen molar-refractivity contribution in [2.75, 3.05) is 0 Å². The number of hydrogen-bond acceptors (Lipinski definition) is 3. The summed E-state index contributed by atoms with van der Waals surface area (Å²) in [6.07, 6.45) is 0.257. The summed E-state index contributed by atoms with van der Waals surface area (Å²) in [5, 5.41) is 2.84. The minimum atomic E-state index is -0.127. The van der Waals surface area contributed by atoms with Gasteiger partial charge >= 0.3 is 0 Å². The molecule has 1 aromatic heterocycles. The Labute approximate surface area is 103 Å². The van der Waals surface area contributed by atoms with E-state index in [1.54, 1.807) is 0 Å². The molecule has 0 aliphatic rings. The Bertz CT molecular complexity index is 400. The van der Waals surface area contributed by atoms with Crippen molar-refractivity contribution in [3.05, 3.63) is 17.3 Å². The molecule has 96 valence electrons. The fourth-order valence-electron chi connectivity index (χ4n) is 1.43. The van der Waals surface area contributed by atoms with Gasteiger partial charge in [0, 0.05) is 11.5 Å². The molecule has 0 saturated heterocycles. The van der Waals surface area contributed by atoms with Crippen LogP contribution in [0.1, 0.15) is 52.0 Å². The summed E-state index contributed by atoms with van der Waals surface area (Å²) in [7, 11) is 0. The van der Waals surface area contributed by atoms with Gasteiger partial charge in [-0.25, -0.2) is 4.98 Å². The van der Waals surface area contributed by atoms with Gasteiger partial charge < -0.3 is 9.73 Å². The van der Waals surface area contributed by atoms with Gasteiger partial charge in [0.15, 0.2) is 5.89 Å². The molecular formula is C13H22N2O2. The Hall–Kier alpha value is -1.32. The molecule has 1 heterocycles. The average molecular weight is 238 g/mol. The van der Waals surface area contributed by atoms with E-state index < -0.39 is 0 Å². The van der Waals surface area contributed by atoms with E-state index >= 15 is 0 Å². The number of carbonyl (C=O) groups excluding carboxylic acids is 1. The van der Waals surface area contributed by atoms with Crippen molar-refractivity contribution in [1.29, 1.82) is 0 Å². The zero-order chi connectivity index (χ0) is 13.2. The number of carbonyl (C=O) groups is 1. The first-order chi connectivity index (χ1) is 7.70. The number of aromatic nitrogens is 1. The molecule has 0 bridgehead atoms. The summed E-state index contributed by atoms with van der Waals surface area (Å²) >= 11 is 0.